The van der Waals surface area contributed by atoms with E-state index in [1.54, 1.807) is 21.6 Å². The second-order valence-electron chi connectivity index (χ2n) is 7.21. The molecule has 0 unspecified atom stereocenters. The lowest BCUT2D eigenvalue weighted by molar-refractivity contribution is -0.131. The smallest absolute Gasteiger partial charge is 0.233 e. The van der Waals surface area contributed by atoms with E-state index in [1.165, 1.54) is 11.8 Å². The van der Waals surface area contributed by atoms with E-state index >= 15 is 0 Å². The van der Waals surface area contributed by atoms with Crippen LogP contribution in [0, 0.1) is 0 Å². The lowest BCUT2D eigenvalue weighted by Crippen LogP contribution is -2.46. The molecule has 2 aliphatic heterocycles. The molecule has 2 aliphatic rings. The summed E-state index contributed by atoms with van der Waals surface area (Å²) in [5.41, 5.74) is 0.462. The Kier molecular flexibility index (Phi) is 6.27. The first-order valence-corrected chi connectivity index (χ1v) is 12.8. The average molecular weight is 479 g/mol. The van der Waals surface area contributed by atoms with Crippen LogP contribution in [0.1, 0.15) is 19.3 Å². The van der Waals surface area contributed by atoms with Crippen LogP contribution in [0.5, 0.6) is 0 Å². The minimum Gasteiger partial charge on any atom is -0.376 e. The number of nitrogens with zero attached hydrogens (tertiary/aromatic N) is 4. The summed E-state index contributed by atoms with van der Waals surface area (Å²) >= 11 is 13.4. The van der Waals surface area contributed by atoms with E-state index in [0.717, 1.165) is 12.8 Å². The highest BCUT2D eigenvalue weighted by molar-refractivity contribution is 7.99. The van der Waals surface area contributed by atoms with Gasteiger partial charge >= 0.3 is 0 Å². The Morgan fingerprint density at radius 1 is 1.34 bits per heavy atom. The number of sulfone groups is 1. The molecule has 4 rings (SSSR count). The molecule has 8 nitrogen and oxygen atoms in total. The molecule has 1 amide bonds. The van der Waals surface area contributed by atoms with Gasteiger partial charge in [0.1, 0.15) is 0 Å². The molecule has 4 heterocycles. The highest BCUT2D eigenvalue weighted by Gasteiger charge is 2.36. The summed E-state index contributed by atoms with van der Waals surface area (Å²) in [6.07, 6.45) is 3.90. The SMILES string of the molecule is O=C(CSc1nnc2c(Cl)cc(Cl)cn12)N(C[C@H]1CCCO1)[C@H]1CCS(=O)(=O)C1. The number of carbonyl (C=O) groups excluding carboxylic acids is 1. The molecule has 0 saturated carbocycles. The van der Waals surface area contributed by atoms with Gasteiger partial charge in [0.05, 0.1) is 33.4 Å². The van der Waals surface area contributed by atoms with Gasteiger partial charge in [0.15, 0.2) is 20.6 Å². The van der Waals surface area contributed by atoms with Gasteiger partial charge in [-0.1, -0.05) is 35.0 Å². The van der Waals surface area contributed by atoms with Crippen LogP contribution >= 0.6 is 35.0 Å². The number of pyridine rings is 1. The molecule has 0 spiro atoms. The van der Waals surface area contributed by atoms with Gasteiger partial charge in [0.2, 0.25) is 5.91 Å². The topological polar surface area (TPSA) is 93.9 Å². The summed E-state index contributed by atoms with van der Waals surface area (Å²) in [5.74, 6) is 0.0902. The monoisotopic (exact) mass is 478 g/mol. The van der Waals surface area contributed by atoms with Crippen molar-refractivity contribution in [1.29, 1.82) is 0 Å². The van der Waals surface area contributed by atoms with Crippen LogP contribution in [0.3, 0.4) is 0 Å². The second kappa shape index (κ2) is 8.58. The van der Waals surface area contributed by atoms with Crippen molar-refractivity contribution in [3.05, 3.63) is 22.3 Å². The fourth-order valence-corrected chi connectivity index (χ4v) is 6.73. The van der Waals surface area contributed by atoms with E-state index in [0.29, 0.717) is 40.4 Å². The highest BCUT2D eigenvalue weighted by Crippen LogP contribution is 2.27. The number of ether oxygens (including phenoxy) is 1. The minimum atomic E-state index is -3.10. The van der Waals surface area contributed by atoms with Crippen molar-refractivity contribution in [3.8, 4) is 0 Å². The molecular weight excluding hydrogens is 459 g/mol. The van der Waals surface area contributed by atoms with Crippen molar-refractivity contribution in [2.24, 2.45) is 0 Å². The number of hydrogen-bond acceptors (Lipinski definition) is 7. The maximum Gasteiger partial charge on any atom is 0.233 e. The zero-order valence-corrected chi connectivity index (χ0v) is 18.6. The van der Waals surface area contributed by atoms with E-state index in [2.05, 4.69) is 10.2 Å². The summed E-state index contributed by atoms with van der Waals surface area (Å²) in [6.45, 7) is 1.09. The van der Waals surface area contributed by atoms with Crippen LogP contribution in [0.2, 0.25) is 10.0 Å². The molecule has 0 N–H and O–H groups in total. The third-order valence-corrected chi connectivity index (χ3v) is 8.28. The Labute approximate surface area is 182 Å². The molecule has 2 aromatic rings. The van der Waals surface area contributed by atoms with E-state index in [1.807, 2.05) is 0 Å². The number of halogens is 2. The molecule has 0 radical (unpaired) electrons. The molecule has 158 valence electrons. The van der Waals surface area contributed by atoms with Crippen LogP contribution in [-0.4, -0.2) is 76.4 Å². The van der Waals surface area contributed by atoms with Crippen molar-refractivity contribution >= 4 is 56.4 Å². The van der Waals surface area contributed by atoms with Gasteiger partial charge in [-0.25, -0.2) is 8.42 Å². The van der Waals surface area contributed by atoms with Crippen molar-refractivity contribution < 1.29 is 17.9 Å². The number of amides is 1. The van der Waals surface area contributed by atoms with Crippen molar-refractivity contribution in [3.63, 3.8) is 0 Å². The number of rotatable bonds is 6. The number of aromatic nitrogens is 3. The predicted molar refractivity (Wildman–Crippen MR) is 111 cm³/mol. The van der Waals surface area contributed by atoms with E-state index in [4.69, 9.17) is 27.9 Å². The van der Waals surface area contributed by atoms with Gasteiger partial charge < -0.3 is 9.64 Å². The van der Waals surface area contributed by atoms with Crippen molar-refractivity contribution in [2.75, 3.05) is 30.4 Å². The highest BCUT2D eigenvalue weighted by atomic mass is 35.5. The Morgan fingerprint density at radius 2 is 2.17 bits per heavy atom. The second-order valence-corrected chi connectivity index (χ2v) is 11.2. The quantitative estimate of drug-likeness (QED) is 0.587. The van der Waals surface area contributed by atoms with E-state index < -0.39 is 9.84 Å². The van der Waals surface area contributed by atoms with Crippen LogP contribution in [-0.2, 0) is 19.4 Å². The summed E-state index contributed by atoms with van der Waals surface area (Å²) in [7, 11) is -3.10. The lowest BCUT2D eigenvalue weighted by Gasteiger charge is -2.30. The number of thioether (sulfide) groups is 1. The van der Waals surface area contributed by atoms with Crippen LogP contribution in [0.25, 0.3) is 5.65 Å². The molecule has 29 heavy (non-hydrogen) atoms. The zero-order valence-electron chi connectivity index (χ0n) is 15.5. The van der Waals surface area contributed by atoms with Crippen LogP contribution < -0.4 is 0 Å². The third kappa shape index (κ3) is 4.82. The van der Waals surface area contributed by atoms with Gasteiger partial charge in [-0.3, -0.25) is 9.20 Å². The fraction of sp³-hybridized carbons (Fsp3) is 0.588. The largest absolute Gasteiger partial charge is 0.376 e. The van der Waals surface area contributed by atoms with E-state index in [-0.39, 0.29) is 35.3 Å². The van der Waals surface area contributed by atoms with Crippen LogP contribution in [0.15, 0.2) is 17.4 Å². The molecule has 2 aromatic heterocycles. The summed E-state index contributed by atoms with van der Waals surface area (Å²) < 4.78 is 31.2. The number of fused-ring (bicyclic) bond motifs is 1. The first kappa shape index (κ1) is 21.2. The minimum absolute atomic E-state index is 0.00913. The third-order valence-electron chi connectivity index (χ3n) is 5.11. The first-order chi connectivity index (χ1) is 13.8. The first-order valence-electron chi connectivity index (χ1n) is 9.26. The average Bonchev–Trinajstić information content (AvgIpc) is 3.38. The van der Waals surface area contributed by atoms with E-state index in [9.17, 15) is 13.2 Å². The summed E-state index contributed by atoms with van der Waals surface area (Å²) in [6, 6.07) is 1.27. The molecule has 2 saturated heterocycles. The number of carbonyl (C=O) groups is 1. The van der Waals surface area contributed by atoms with Crippen molar-refractivity contribution in [1.82, 2.24) is 19.5 Å². The molecule has 12 heteroatoms. The Morgan fingerprint density at radius 3 is 2.86 bits per heavy atom. The molecule has 0 bridgehead atoms. The summed E-state index contributed by atoms with van der Waals surface area (Å²) in [5, 5.41) is 9.44. The normalized spacial score (nSPS) is 23.7. The molecule has 2 fully saturated rings. The Bertz CT molecular complexity index is 1020. The zero-order chi connectivity index (χ0) is 20.6. The van der Waals surface area contributed by atoms with Gasteiger partial charge in [-0.15, -0.1) is 10.2 Å². The lowest BCUT2D eigenvalue weighted by atomic mass is 10.1. The Hall–Kier alpha value is -1.07. The predicted octanol–water partition coefficient (Wildman–Crippen LogP) is 2.32. The van der Waals surface area contributed by atoms with Crippen LogP contribution in [0.4, 0.5) is 0 Å². The van der Waals surface area contributed by atoms with Crippen molar-refractivity contribution in [2.45, 2.75) is 36.6 Å². The molecule has 0 aromatic carbocycles. The van der Waals surface area contributed by atoms with Gasteiger partial charge in [0, 0.05) is 25.4 Å². The molecular formula is C17H20Cl2N4O4S2. The van der Waals surface area contributed by atoms with Gasteiger partial charge in [-0.05, 0) is 25.3 Å². The molecule has 2 atom stereocenters. The fourth-order valence-electron chi connectivity index (χ4n) is 3.69. The number of hydrogen-bond donors (Lipinski definition) is 0. The van der Waals surface area contributed by atoms with Gasteiger partial charge in [0.25, 0.3) is 0 Å². The van der Waals surface area contributed by atoms with Gasteiger partial charge in [-0.2, -0.15) is 0 Å². The maximum absolute atomic E-state index is 13.0. The maximum atomic E-state index is 13.0. The standard InChI is InChI=1S/C17H20Cl2N4O4S2/c18-11-6-14(19)16-20-21-17(23(16)7-11)28-9-15(24)22(8-13-2-1-4-27-13)12-3-5-29(25,26)10-12/h6-7,12-13H,1-5,8-10H2/t12-,13+/m0/s1. The summed E-state index contributed by atoms with van der Waals surface area (Å²) in [4.78, 5) is 14.7. The Balaban J connectivity index is 1.49. The molecule has 0 aliphatic carbocycles.